The third-order valence-corrected chi connectivity index (χ3v) is 10.4. The third-order valence-electron chi connectivity index (χ3n) is 8.93. The molecule has 0 aromatic rings. The molecule has 0 saturated heterocycles. The first kappa shape index (κ1) is 60.2. The minimum Gasteiger partial charge on any atom is -0.462 e. The number of hydrogen-bond donors (Lipinski definition) is 6. The third kappa shape index (κ3) is 44.2. The van der Waals surface area contributed by atoms with E-state index in [2.05, 4.69) is 28.1 Å². The summed E-state index contributed by atoms with van der Waals surface area (Å²) in [6, 6.07) is 0. The molecule has 6 N–H and O–H groups in total. The summed E-state index contributed by atoms with van der Waals surface area (Å²) < 4.78 is 47.6. The van der Waals surface area contributed by atoms with Gasteiger partial charge in [-0.15, -0.1) is 0 Å². The number of aliphatic hydroxyl groups is 3. The summed E-state index contributed by atoms with van der Waals surface area (Å²) >= 11 is 0. The van der Waals surface area contributed by atoms with E-state index in [1.165, 1.54) is 38.5 Å². The van der Waals surface area contributed by atoms with Crippen molar-refractivity contribution in [3.63, 3.8) is 0 Å². The summed E-state index contributed by atoms with van der Waals surface area (Å²) in [6.07, 6.45) is 39.3. The highest BCUT2D eigenvalue weighted by Crippen LogP contribution is 2.43. The zero-order chi connectivity index (χ0) is 46.9. The minimum atomic E-state index is -4.89. The fraction of sp³-hybridized carbons (Fsp3) is 0.652. The Labute approximate surface area is 376 Å². The van der Waals surface area contributed by atoms with Crippen LogP contribution >= 0.6 is 15.6 Å². The van der Waals surface area contributed by atoms with Crippen molar-refractivity contribution < 1.29 is 71.8 Å². The molecule has 0 rings (SSSR count). The number of allylic oxidation sites excluding steroid dienone is 10. The highest BCUT2D eigenvalue weighted by molar-refractivity contribution is 7.47. The quantitative estimate of drug-likeness (QED) is 0.0110. The predicted octanol–water partition coefficient (Wildman–Crippen LogP) is 9.50. The van der Waals surface area contributed by atoms with Crippen LogP contribution in [0, 0.1) is 0 Å². The standard InChI is InChI=1S/C46H78O15P2/c1-3-5-7-8-9-10-11-12-13-14-15-16-20-23-29-35-45(50)57-39-44(40-60-63(55,56)59-38-43(49)37-58-62(52,53)54)61-46(51)36-30-24-28-34-42(48)33-27-22-19-17-18-21-26-32-41(47)31-25-6-4-2/h6,12-13,18-19,21-22,25-28,32-34,41-44,47-49H,3-5,7-11,14-17,20,23-24,29-31,35-40H2,1-2H3,(H,55,56)(H2,52,53,54)/b13-12-,21-18-,22-19-,25-6-,32-26+,33-27+,34-28-/t41-,42-,43-,44+/m0/s1. The van der Waals surface area contributed by atoms with E-state index in [1.54, 1.807) is 42.5 Å². The maximum atomic E-state index is 12.7. The van der Waals surface area contributed by atoms with Crippen LogP contribution in [0.15, 0.2) is 85.1 Å². The Morgan fingerprint density at radius 2 is 1.13 bits per heavy atom. The number of phosphoric acid groups is 2. The second-order valence-corrected chi connectivity index (χ2v) is 17.7. The lowest BCUT2D eigenvalue weighted by atomic mass is 10.1. The summed E-state index contributed by atoms with van der Waals surface area (Å²) in [4.78, 5) is 52.7. The Morgan fingerprint density at radius 1 is 0.556 bits per heavy atom. The lowest BCUT2D eigenvalue weighted by Crippen LogP contribution is -2.29. The topological polar surface area (TPSA) is 236 Å². The summed E-state index contributed by atoms with van der Waals surface area (Å²) in [6.45, 7) is 1.32. The summed E-state index contributed by atoms with van der Waals surface area (Å²) in [5.74, 6) is -1.23. The second kappa shape index (κ2) is 40.7. The van der Waals surface area contributed by atoms with Crippen molar-refractivity contribution in [3.05, 3.63) is 85.1 Å². The lowest BCUT2D eigenvalue weighted by Gasteiger charge is -2.20. The Hall–Kier alpha value is -2.78. The van der Waals surface area contributed by atoms with Gasteiger partial charge in [-0.1, -0.05) is 150 Å². The molecule has 5 atom stereocenters. The van der Waals surface area contributed by atoms with E-state index >= 15 is 0 Å². The molecule has 0 aliphatic carbocycles. The fourth-order valence-electron chi connectivity index (χ4n) is 5.49. The molecule has 0 spiro atoms. The molecule has 0 radical (unpaired) electrons. The normalized spacial score (nSPS) is 15.7. The minimum absolute atomic E-state index is 0.0605. The van der Waals surface area contributed by atoms with Crippen LogP contribution in [-0.2, 0) is 41.8 Å². The highest BCUT2D eigenvalue weighted by atomic mass is 31.2. The Kier molecular flexibility index (Phi) is 38.9. The fourth-order valence-corrected chi connectivity index (χ4v) is 6.65. The Bertz CT molecular complexity index is 1470. The van der Waals surface area contributed by atoms with Crippen LogP contribution in [-0.4, -0.2) is 92.8 Å². The molecule has 0 aliphatic heterocycles. The number of unbranched alkanes of at least 4 members (excludes halogenated alkanes) is 12. The van der Waals surface area contributed by atoms with Gasteiger partial charge in [-0.25, -0.2) is 9.13 Å². The van der Waals surface area contributed by atoms with Crippen molar-refractivity contribution >= 4 is 27.6 Å². The van der Waals surface area contributed by atoms with Crippen LogP contribution in [0.2, 0.25) is 0 Å². The Balaban J connectivity index is 4.78. The lowest BCUT2D eigenvalue weighted by molar-refractivity contribution is -0.161. The van der Waals surface area contributed by atoms with Crippen molar-refractivity contribution in [2.24, 2.45) is 0 Å². The van der Waals surface area contributed by atoms with Gasteiger partial charge in [0.05, 0.1) is 32.0 Å². The molecule has 0 aromatic carbocycles. The number of ether oxygens (including phenoxy) is 2. The van der Waals surface area contributed by atoms with E-state index in [9.17, 15) is 38.9 Å². The van der Waals surface area contributed by atoms with Gasteiger partial charge in [-0.3, -0.25) is 23.2 Å². The number of phosphoric ester groups is 2. The number of rotatable bonds is 41. The predicted molar refractivity (Wildman–Crippen MR) is 246 cm³/mol. The molecule has 0 saturated carbocycles. The zero-order valence-electron chi connectivity index (χ0n) is 37.6. The SMILES string of the molecule is CC/C=C\C[C@H](O)/C=C/C=C\C/C=C\C=C\[C@H](O)/C=C\CCCC(=O)O[C@H](COC(=O)CCCCCCC/C=C\CCCCCCCC)COP(=O)(O)OC[C@@H](O)COP(=O)(O)O. The van der Waals surface area contributed by atoms with Crippen LogP contribution in [0.4, 0.5) is 0 Å². The molecule has 0 aliphatic rings. The molecular formula is C46H78O15P2. The Morgan fingerprint density at radius 3 is 1.78 bits per heavy atom. The van der Waals surface area contributed by atoms with E-state index in [4.69, 9.17) is 23.8 Å². The molecule has 0 aromatic heterocycles. The van der Waals surface area contributed by atoms with Gasteiger partial charge in [0.2, 0.25) is 0 Å². The van der Waals surface area contributed by atoms with E-state index in [0.717, 1.165) is 44.9 Å². The van der Waals surface area contributed by atoms with Crippen molar-refractivity contribution in [3.8, 4) is 0 Å². The number of aliphatic hydroxyl groups excluding tert-OH is 3. The van der Waals surface area contributed by atoms with Crippen molar-refractivity contribution in [2.45, 2.75) is 167 Å². The van der Waals surface area contributed by atoms with Crippen LogP contribution in [0.3, 0.4) is 0 Å². The van der Waals surface area contributed by atoms with Gasteiger partial charge in [0, 0.05) is 12.8 Å². The highest BCUT2D eigenvalue weighted by Gasteiger charge is 2.28. The van der Waals surface area contributed by atoms with Gasteiger partial charge in [0.1, 0.15) is 12.7 Å². The van der Waals surface area contributed by atoms with Gasteiger partial charge in [0.25, 0.3) is 0 Å². The van der Waals surface area contributed by atoms with Gasteiger partial charge in [0.15, 0.2) is 6.10 Å². The average molecular weight is 933 g/mol. The number of carbonyl (C=O) groups is 2. The zero-order valence-corrected chi connectivity index (χ0v) is 39.4. The average Bonchev–Trinajstić information content (AvgIpc) is 3.23. The van der Waals surface area contributed by atoms with Crippen molar-refractivity contribution in [1.29, 1.82) is 0 Å². The number of esters is 2. The molecule has 0 heterocycles. The first-order chi connectivity index (χ1) is 30.2. The monoisotopic (exact) mass is 932 g/mol. The van der Waals surface area contributed by atoms with E-state index in [-0.39, 0.29) is 12.8 Å². The second-order valence-electron chi connectivity index (χ2n) is 15.0. The van der Waals surface area contributed by atoms with E-state index in [1.807, 2.05) is 37.3 Å². The maximum Gasteiger partial charge on any atom is 0.472 e. The smallest absolute Gasteiger partial charge is 0.462 e. The molecule has 0 bridgehead atoms. The van der Waals surface area contributed by atoms with Crippen LogP contribution < -0.4 is 0 Å². The van der Waals surface area contributed by atoms with Gasteiger partial charge < -0.3 is 39.5 Å². The van der Waals surface area contributed by atoms with E-state index in [0.29, 0.717) is 32.1 Å². The molecule has 362 valence electrons. The first-order valence-electron chi connectivity index (χ1n) is 22.5. The van der Waals surface area contributed by atoms with Gasteiger partial charge >= 0.3 is 27.6 Å². The summed E-state index contributed by atoms with van der Waals surface area (Å²) in [5.41, 5.74) is 0. The first-order valence-corrected chi connectivity index (χ1v) is 25.5. The molecule has 17 heteroatoms. The molecule has 0 fully saturated rings. The summed E-state index contributed by atoms with van der Waals surface area (Å²) in [7, 11) is -9.76. The van der Waals surface area contributed by atoms with Crippen LogP contribution in [0.5, 0.6) is 0 Å². The molecule has 1 unspecified atom stereocenters. The van der Waals surface area contributed by atoms with Crippen molar-refractivity contribution in [1.82, 2.24) is 0 Å². The molecular weight excluding hydrogens is 854 g/mol. The number of carbonyl (C=O) groups excluding carboxylic acids is 2. The largest absolute Gasteiger partial charge is 0.472 e. The van der Waals surface area contributed by atoms with Crippen LogP contribution in [0.25, 0.3) is 0 Å². The van der Waals surface area contributed by atoms with Crippen molar-refractivity contribution in [2.75, 3.05) is 26.4 Å². The van der Waals surface area contributed by atoms with E-state index < -0.39 is 78.4 Å². The molecule has 63 heavy (non-hydrogen) atoms. The van der Waals surface area contributed by atoms with Crippen LogP contribution in [0.1, 0.15) is 142 Å². The van der Waals surface area contributed by atoms with Gasteiger partial charge in [-0.05, 0) is 64.2 Å². The summed E-state index contributed by atoms with van der Waals surface area (Å²) in [5, 5.41) is 29.8. The molecule has 0 amide bonds. The molecule has 15 nitrogen and oxygen atoms in total. The maximum absolute atomic E-state index is 12.7. The van der Waals surface area contributed by atoms with Gasteiger partial charge in [-0.2, -0.15) is 0 Å². The number of hydrogen-bond acceptors (Lipinski definition) is 12.